The lowest BCUT2D eigenvalue weighted by Gasteiger charge is -2.37. The molecule has 5 heteroatoms. The third-order valence-electron chi connectivity index (χ3n) is 5.66. The molecular formula is C23H24N2O3. The van der Waals surface area contributed by atoms with E-state index in [9.17, 15) is 9.90 Å². The number of benzene rings is 2. The van der Waals surface area contributed by atoms with Gasteiger partial charge in [-0.15, -0.1) is 0 Å². The molecule has 1 fully saturated rings. The van der Waals surface area contributed by atoms with E-state index in [1.807, 2.05) is 36.7 Å². The van der Waals surface area contributed by atoms with Gasteiger partial charge in [-0.3, -0.25) is 14.7 Å². The molecule has 28 heavy (non-hydrogen) atoms. The number of hydrogen-bond donors (Lipinski definition) is 1. The maximum atomic E-state index is 11.4. The van der Waals surface area contributed by atoms with Crippen molar-refractivity contribution in [1.29, 1.82) is 0 Å². The van der Waals surface area contributed by atoms with Crippen LogP contribution >= 0.6 is 0 Å². The summed E-state index contributed by atoms with van der Waals surface area (Å²) in [6, 6.07) is 16.6. The number of methoxy groups -OCH3 is 1. The quantitative estimate of drug-likeness (QED) is 0.725. The molecule has 0 amide bonds. The van der Waals surface area contributed by atoms with Gasteiger partial charge in [0.1, 0.15) is 5.75 Å². The number of carbonyl (C=O) groups is 1. The number of fused-ring (bicyclic) bond motifs is 1. The van der Waals surface area contributed by atoms with Crippen molar-refractivity contribution >= 4 is 16.7 Å². The molecule has 144 valence electrons. The molecule has 0 saturated carbocycles. The molecule has 4 rings (SSSR count). The normalized spacial score (nSPS) is 16.8. The van der Waals surface area contributed by atoms with E-state index in [1.165, 1.54) is 5.56 Å². The zero-order valence-corrected chi connectivity index (χ0v) is 15.9. The Labute approximate surface area is 164 Å². The fraction of sp³-hybridized carbons (Fsp3) is 0.304. The van der Waals surface area contributed by atoms with Crippen molar-refractivity contribution in [2.45, 2.75) is 18.9 Å². The van der Waals surface area contributed by atoms with Gasteiger partial charge < -0.3 is 9.84 Å². The van der Waals surface area contributed by atoms with Gasteiger partial charge in [0.05, 0.1) is 19.1 Å². The average Bonchev–Trinajstić information content (AvgIpc) is 2.74. The number of para-hydroxylation sites is 1. The minimum atomic E-state index is -0.688. The van der Waals surface area contributed by atoms with Crippen molar-refractivity contribution in [2.24, 2.45) is 5.92 Å². The first-order valence-electron chi connectivity index (χ1n) is 9.61. The molecule has 5 nitrogen and oxygen atoms in total. The summed E-state index contributed by atoms with van der Waals surface area (Å²) in [5.41, 5.74) is 2.28. The number of rotatable bonds is 5. The van der Waals surface area contributed by atoms with Crippen LogP contribution in [0.1, 0.15) is 30.0 Å². The van der Waals surface area contributed by atoms with Gasteiger partial charge in [0.15, 0.2) is 0 Å². The van der Waals surface area contributed by atoms with E-state index in [-0.39, 0.29) is 12.0 Å². The number of nitrogens with zero attached hydrogens (tertiary/aromatic N) is 2. The summed E-state index contributed by atoms with van der Waals surface area (Å²) in [5.74, 6) is -0.0911. The Hall–Kier alpha value is -2.92. The zero-order valence-electron chi connectivity index (χ0n) is 15.9. The van der Waals surface area contributed by atoms with Crippen LogP contribution in [0.3, 0.4) is 0 Å². The number of aliphatic carboxylic acids is 1. The van der Waals surface area contributed by atoms with Crippen molar-refractivity contribution in [3.8, 4) is 5.75 Å². The SMILES string of the molecule is COc1ccccc1C(c1ccc2cnccc2c1)N1CCC(C(=O)O)CC1. The number of pyridine rings is 1. The lowest BCUT2D eigenvalue weighted by molar-refractivity contribution is -0.143. The van der Waals surface area contributed by atoms with Crippen molar-refractivity contribution in [3.63, 3.8) is 0 Å². The monoisotopic (exact) mass is 376 g/mol. The molecule has 0 spiro atoms. The Morgan fingerprint density at radius 1 is 1.14 bits per heavy atom. The number of hydrogen-bond acceptors (Lipinski definition) is 4. The summed E-state index contributed by atoms with van der Waals surface area (Å²) in [6.45, 7) is 1.49. The largest absolute Gasteiger partial charge is 0.496 e. The fourth-order valence-corrected chi connectivity index (χ4v) is 4.16. The van der Waals surface area contributed by atoms with E-state index in [0.29, 0.717) is 12.8 Å². The van der Waals surface area contributed by atoms with Crippen LogP contribution in [0.4, 0.5) is 0 Å². The average molecular weight is 376 g/mol. The molecule has 0 aliphatic carbocycles. The Bertz CT molecular complexity index is 980. The Morgan fingerprint density at radius 3 is 2.68 bits per heavy atom. The van der Waals surface area contributed by atoms with E-state index < -0.39 is 5.97 Å². The third kappa shape index (κ3) is 3.58. The second kappa shape index (κ2) is 7.98. The summed E-state index contributed by atoms with van der Waals surface area (Å²) in [5, 5.41) is 11.6. The minimum absolute atomic E-state index is 0.0171. The first-order chi connectivity index (χ1) is 13.7. The van der Waals surface area contributed by atoms with Crippen molar-refractivity contribution in [3.05, 3.63) is 72.1 Å². The second-order valence-corrected chi connectivity index (χ2v) is 7.28. The summed E-state index contributed by atoms with van der Waals surface area (Å²) < 4.78 is 5.65. The second-order valence-electron chi connectivity index (χ2n) is 7.28. The van der Waals surface area contributed by atoms with Crippen LogP contribution in [0.15, 0.2) is 60.9 Å². The Morgan fingerprint density at radius 2 is 1.93 bits per heavy atom. The van der Waals surface area contributed by atoms with Crippen molar-refractivity contribution in [1.82, 2.24) is 9.88 Å². The molecule has 0 bridgehead atoms. The van der Waals surface area contributed by atoms with E-state index >= 15 is 0 Å². The molecule has 3 aromatic rings. The van der Waals surface area contributed by atoms with Gasteiger partial charge in [-0.25, -0.2) is 0 Å². The summed E-state index contributed by atoms with van der Waals surface area (Å²) in [4.78, 5) is 17.9. The number of ether oxygens (including phenoxy) is 1. The van der Waals surface area contributed by atoms with Crippen LogP contribution in [0.25, 0.3) is 10.8 Å². The highest BCUT2D eigenvalue weighted by Crippen LogP contribution is 2.37. The summed E-state index contributed by atoms with van der Waals surface area (Å²) in [6.07, 6.45) is 5.01. The van der Waals surface area contributed by atoms with Crippen molar-refractivity contribution < 1.29 is 14.6 Å². The van der Waals surface area contributed by atoms with Gasteiger partial charge in [0, 0.05) is 23.3 Å². The molecule has 0 radical (unpaired) electrons. The molecule has 1 saturated heterocycles. The smallest absolute Gasteiger partial charge is 0.306 e. The van der Waals surface area contributed by atoms with Crippen LogP contribution in [0.2, 0.25) is 0 Å². The highest BCUT2D eigenvalue weighted by atomic mass is 16.5. The maximum Gasteiger partial charge on any atom is 0.306 e. The lowest BCUT2D eigenvalue weighted by Crippen LogP contribution is -2.39. The maximum absolute atomic E-state index is 11.4. The molecule has 1 aromatic heterocycles. The highest BCUT2D eigenvalue weighted by molar-refractivity contribution is 5.82. The van der Waals surface area contributed by atoms with E-state index in [1.54, 1.807) is 7.11 Å². The van der Waals surface area contributed by atoms with E-state index in [2.05, 4.69) is 34.1 Å². The van der Waals surface area contributed by atoms with Crippen LogP contribution < -0.4 is 4.74 Å². The van der Waals surface area contributed by atoms with Gasteiger partial charge in [-0.2, -0.15) is 0 Å². The number of piperidine rings is 1. The summed E-state index contributed by atoms with van der Waals surface area (Å²) in [7, 11) is 1.69. The molecule has 1 aliphatic rings. The molecule has 2 aromatic carbocycles. The van der Waals surface area contributed by atoms with E-state index in [0.717, 1.165) is 35.2 Å². The lowest BCUT2D eigenvalue weighted by atomic mass is 9.90. The molecule has 1 aliphatic heterocycles. The van der Waals surface area contributed by atoms with Gasteiger partial charge in [-0.05, 0) is 55.1 Å². The molecule has 1 unspecified atom stereocenters. The van der Waals surface area contributed by atoms with Crippen LogP contribution in [0.5, 0.6) is 5.75 Å². The number of aromatic nitrogens is 1. The predicted molar refractivity (Wildman–Crippen MR) is 109 cm³/mol. The molecule has 2 heterocycles. The Balaban J connectivity index is 1.76. The highest BCUT2D eigenvalue weighted by Gasteiger charge is 2.31. The Kier molecular flexibility index (Phi) is 5.26. The standard InChI is InChI=1S/C23H24N2O3/c1-28-21-5-3-2-4-20(21)22(25-12-9-16(10-13-25)23(26)27)18-6-7-19-15-24-11-8-17(19)14-18/h2-8,11,14-16,22H,9-10,12-13H2,1H3,(H,26,27). The van der Waals surface area contributed by atoms with Crippen LogP contribution in [0, 0.1) is 5.92 Å². The summed E-state index contributed by atoms with van der Waals surface area (Å²) >= 11 is 0. The number of likely N-dealkylation sites (tertiary alicyclic amines) is 1. The first kappa shape index (κ1) is 18.4. The van der Waals surface area contributed by atoms with Crippen LogP contribution in [-0.2, 0) is 4.79 Å². The molecule has 1 N–H and O–H groups in total. The predicted octanol–water partition coefficient (Wildman–Crippen LogP) is 4.13. The fourth-order valence-electron chi connectivity index (χ4n) is 4.16. The first-order valence-corrected chi connectivity index (χ1v) is 9.61. The van der Waals surface area contributed by atoms with Gasteiger partial charge >= 0.3 is 5.97 Å². The number of carboxylic acid groups (broad SMARTS) is 1. The zero-order chi connectivity index (χ0) is 19.5. The number of carboxylic acids is 1. The van der Waals surface area contributed by atoms with E-state index in [4.69, 9.17) is 4.74 Å². The van der Waals surface area contributed by atoms with Gasteiger partial charge in [-0.1, -0.05) is 30.3 Å². The minimum Gasteiger partial charge on any atom is -0.496 e. The third-order valence-corrected chi connectivity index (χ3v) is 5.66. The topological polar surface area (TPSA) is 62.7 Å². The molecular weight excluding hydrogens is 352 g/mol. The van der Waals surface area contributed by atoms with Gasteiger partial charge in [0.25, 0.3) is 0 Å². The van der Waals surface area contributed by atoms with Gasteiger partial charge in [0.2, 0.25) is 0 Å². The van der Waals surface area contributed by atoms with Crippen molar-refractivity contribution in [2.75, 3.05) is 20.2 Å². The van der Waals surface area contributed by atoms with Crippen LogP contribution in [-0.4, -0.2) is 41.2 Å². The molecule has 1 atom stereocenters.